The highest BCUT2D eigenvalue weighted by Crippen LogP contribution is 2.19. The summed E-state index contributed by atoms with van der Waals surface area (Å²) in [5.74, 6) is 0.430. The van der Waals surface area contributed by atoms with Gasteiger partial charge < -0.3 is 24.6 Å². The van der Waals surface area contributed by atoms with Gasteiger partial charge in [0.1, 0.15) is 6.10 Å². The van der Waals surface area contributed by atoms with E-state index in [2.05, 4.69) is 37.9 Å². The second-order valence-electron chi connectivity index (χ2n) is 17.6. The number of unbranched alkanes of at least 4 members (excludes halogenated alkanes) is 22. The van der Waals surface area contributed by atoms with E-state index in [1.54, 1.807) is 19.0 Å². The van der Waals surface area contributed by atoms with Crippen molar-refractivity contribution in [3.63, 3.8) is 0 Å². The Morgan fingerprint density at radius 3 is 1.39 bits per heavy atom. The van der Waals surface area contributed by atoms with Crippen molar-refractivity contribution in [1.82, 2.24) is 15.1 Å². The minimum absolute atomic E-state index is 0.0119. The van der Waals surface area contributed by atoms with Gasteiger partial charge >= 0.3 is 18.0 Å². The Labute approximate surface area is 354 Å². The third kappa shape index (κ3) is 39.4. The van der Waals surface area contributed by atoms with Gasteiger partial charge in [-0.2, -0.15) is 0 Å². The molecule has 1 N–H and O–H groups in total. The molecule has 0 saturated carbocycles. The molecule has 0 saturated heterocycles. The predicted octanol–water partition coefficient (Wildman–Crippen LogP) is 13.6. The van der Waals surface area contributed by atoms with Crippen molar-refractivity contribution in [2.45, 2.75) is 246 Å². The summed E-state index contributed by atoms with van der Waals surface area (Å²) in [5.41, 5.74) is 0. The van der Waals surface area contributed by atoms with Crippen LogP contribution >= 0.6 is 0 Å². The third-order valence-corrected chi connectivity index (χ3v) is 11.4. The number of hydrogen-bond acceptors (Lipinski definition) is 6. The number of hydrogen-bond donors (Lipinski definition) is 1. The van der Waals surface area contributed by atoms with Crippen molar-refractivity contribution in [3.8, 4) is 0 Å². The van der Waals surface area contributed by atoms with Crippen LogP contribution in [0.15, 0.2) is 0 Å². The first-order valence-corrected chi connectivity index (χ1v) is 24.8. The summed E-state index contributed by atoms with van der Waals surface area (Å²) in [7, 11) is 3.55. The molecule has 0 rings (SSSR count). The van der Waals surface area contributed by atoms with E-state index in [0.717, 1.165) is 96.7 Å². The SMILES string of the molecule is CCCCCCCCC(CCCCCCCC)OC(=O)CCCCCCCN(CCCCCCCC(=O)OCC(C)CCCCCCC)CCCNC(=O)N(C)C. The van der Waals surface area contributed by atoms with Gasteiger partial charge in [0.15, 0.2) is 0 Å². The van der Waals surface area contributed by atoms with Gasteiger partial charge in [-0.15, -0.1) is 0 Å². The van der Waals surface area contributed by atoms with Gasteiger partial charge in [0.2, 0.25) is 0 Å². The van der Waals surface area contributed by atoms with Crippen LogP contribution in [0.5, 0.6) is 0 Å². The zero-order chi connectivity index (χ0) is 42.0. The fourth-order valence-corrected chi connectivity index (χ4v) is 7.56. The smallest absolute Gasteiger partial charge is 0.316 e. The summed E-state index contributed by atoms with van der Waals surface area (Å²) in [6.45, 7) is 13.4. The molecule has 1 unspecified atom stereocenters. The lowest BCUT2D eigenvalue weighted by atomic mass is 10.0. The molecule has 0 aromatic carbocycles. The van der Waals surface area contributed by atoms with Crippen LogP contribution in [0, 0.1) is 5.92 Å². The normalized spacial score (nSPS) is 12.0. The Kier molecular flexibility index (Phi) is 40.9. The highest BCUT2D eigenvalue weighted by molar-refractivity contribution is 5.73. The molecule has 0 spiro atoms. The number of nitrogens with zero attached hydrogens (tertiary/aromatic N) is 2. The second-order valence-corrected chi connectivity index (χ2v) is 17.6. The zero-order valence-electron chi connectivity index (χ0n) is 39.0. The van der Waals surface area contributed by atoms with Crippen LogP contribution in [0.1, 0.15) is 240 Å². The van der Waals surface area contributed by atoms with Crippen molar-refractivity contribution >= 4 is 18.0 Å². The number of ether oxygens (including phenoxy) is 2. The van der Waals surface area contributed by atoms with Crippen LogP contribution in [0.4, 0.5) is 4.79 Å². The fraction of sp³-hybridized carbons (Fsp3) is 0.939. The van der Waals surface area contributed by atoms with E-state index >= 15 is 0 Å². The summed E-state index contributed by atoms with van der Waals surface area (Å²) in [5, 5.41) is 3.00. The van der Waals surface area contributed by atoms with Crippen molar-refractivity contribution in [2.24, 2.45) is 5.92 Å². The van der Waals surface area contributed by atoms with Crippen LogP contribution in [0.25, 0.3) is 0 Å². The maximum Gasteiger partial charge on any atom is 0.316 e. The molecule has 2 amide bonds. The predicted molar refractivity (Wildman–Crippen MR) is 243 cm³/mol. The zero-order valence-corrected chi connectivity index (χ0v) is 39.0. The van der Waals surface area contributed by atoms with E-state index in [4.69, 9.17) is 9.47 Å². The topological polar surface area (TPSA) is 88.2 Å². The molecule has 0 aliphatic carbocycles. The van der Waals surface area contributed by atoms with Crippen molar-refractivity contribution in [1.29, 1.82) is 0 Å². The van der Waals surface area contributed by atoms with Gasteiger partial charge in [0.05, 0.1) is 6.61 Å². The van der Waals surface area contributed by atoms with E-state index in [1.807, 2.05) is 0 Å². The maximum atomic E-state index is 12.8. The highest BCUT2D eigenvalue weighted by Gasteiger charge is 2.15. The Morgan fingerprint density at radius 1 is 0.491 bits per heavy atom. The lowest BCUT2D eigenvalue weighted by Crippen LogP contribution is -2.36. The molecule has 57 heavy (non-hydrogen) atoms. The first-order valence-electron chi connectivity index (χ1n) is 24.8. The monoisotopic (exact) mass is 808 g/mol. The average molecular weight is 808 g/mol. The minimum atomic E-state index is -0.0356. The third-order valence-electron chi connectivity index (χ3n) is 11.4. The van der Waals surface area contributed by atoms with E-state index < -0.39 is 0 Å². The molecular weight excluding hydrogens is 711 g/mol. The first-order chi connectivity index (χ1) is 27.7. The maximum absolute atomic E-state index is 12.8. The van der Waals surface area contributed by atoms with Crippen molar-refractivity contribution in [3.05, 3.63) is 0 Å². The Hall–Kier alpha value is -1.83. The fourth-order valence-electron chi connectivity index (χ4n) is 7.56. The number of rotatable bonds is 43. The minimum Gasteiger partial charge on any atom is -0.465 e. The van der Waals surface area contributed by atoms with Crippen molar-refractivity contribution < 1.29 is 23.9 Å². The lowest BCUT2D eigenvalue weighted by molar-refractivity contribution is -0.150. The quantitative estimate of drug-likeness (QED) is 0.0488. The number of esters is 2. The van der Waals surface area contributed by atoms with E-state index in [9.17, 15) is 14.4 Å². The highest BCUT2D eigenvalue weighted by atomic mass is 16.5. The Bertz CT molecular complexity index is 884. The van der Waals surface area contributed by atoms with Crippen LogP contribution in [0.3, 0.4) is 0 Å². The molecule has 338 valence electrons. The molecule has 8 heteroatoms. The summed E-state index contributed by atoms with van der Waals surface area (Å²) >= 11 is 0. The van der Waals surface area contributed by atoms with Crippen LogP contribution in [-0.2, 0) is 19.1 Å². The molecular formula is C49H97N3O5. The second kappa shape index (κ2) is 42.3. The van der Waals surface area contributed by atoms with Gasteiger partial charge in [-0.05, 0) is 89.8 Å². The molecule has 0 fully saturated rings. The number of nitrogens with one attached hydrogen (secondary N) is 1. The first kappa shape index (κ1) is 55.2. The summed E-state index contributed by atoms with van der Waals surface area (Å²) < 4.78 is 11.6. The molecule has 0 bridgehead atoms. The molecule has 0 aliphatic heterocycles. The molecule has 8 nitrogen and oxygen atoms in total. The Balaban J connectivity index is 4.40. The van der Waals surface area contributed by atoms with Gasteiger partial charge in [-0.3, -0.25) is 9.59 Å². The van der Waals surface area contributed by atoms with Gasteiger partial charge in [-0.1, -0.05) is 163 Å². The molecule has 0 radical (unpaired) electrons. The molecule has 0 heterocycles. The average Bonchev–Trinajstić information content (AvgIpc) is 3.19. The van der Waals surface area contributed by atoms with Gasteiger partial charge in [0.25, 0.3) is 0 Å². The van der Waals surface area contributed by atoms with Crippen molar-refractivity contribution in [2.75, 3.05) is 46.9 Å². The number of carbonyl (C=O) groups excluding carboxylic acids is 3. The van der Waals surface area contributed by atoms with E-state index in [-0.39, 0.29) is 24.1 Å². The van der Waals surface area contributed by atoms with Gasteiger partial charge in [-0.25, -0.2) is 4.79 Å². The number of carbonyl (C=O) groups is 3. The number of amides is 2. The molecule has 0 aromatic heterocycles. The van der Waals surface area contributed by atoms with Crippen LogP contribution < -0.4 is 5.32 Å². The largest absolute Gasteiger partial charge is 0.465 e. The molecule has 0 aromatic rings. The van der Waals surface area contributed by atoms with E-state index in [0.29, 0.717) is 31.9 Å². The summed E-state index contributed by atoms with van der Waals surface area (Å²) in [6, 6.07) is -0.0345. The standard InChI is InChI=1S/C49H97N3O5/c1-7-10-13-16-21-28-36-46(37-29-22-17-14-11-8-2)57-48(54)39-31-24-19-26-33-42-52(43-34-40-50-49(55)51(5)6)41-32-25-18-23-30-38-47(53)56-44-45(4)35-27-20-15-12-9-3/h45-46H,7-44H2,1-6H3,(H,50,55). The van der Waals surface area contributed by atoms with Gasteiger partial charge in [0, 0.05) is 33.5 Å². The summed E-state index contributed by atoms with van der Waals surface area (Å²) in [4.78, 5) is 41.2. The van der Waals surface area contributed by atoms with E-state index in [1.165, 1.54) is 122 Å². The molecule has 1 atom stereocenters. The number of urea groups is 1. The molecule has 0 aliphatic rings. The van der Waals surface area contributed by atoms with Crippen LogP contribution in [0.2, 0.25) is 0 Å². The van der Waals surface area contributed by atoms with Crippen LogP contribution in [-0.4, -0.2) is 80.8 Å². The lowest BCUT2D eigenvalue weighted by Gasteiger charge is -2.23. The summed E-state index contributed by atoms with van der Waals surface area (Å²) in [6.07, 6.45) is 38.1. The Morgan fingerprint density at radius 2 is 0.895 bits per heavy atom.